The molecule has 5 heterocycles. The molecule has 2 aromatic heterocycles. The van der Waals surface area contributed by atoms with Gasteiger partial charge < -0.3 is 25.0 Å². The van der Waals surface area contributed by atoms with Crippen LogP contribution in [0.4, 0.5) is 17.2 Å². The van der Waals surface area contributed by atoms with E-state index < -0.39 is 5.97 Å². The summed E-state index contributed by atoms with van der Waals surface area (Å²) in [4.78, 5) is 52.0. The number of aromatic carboxylic acids is 1. The number of nitrogens with zero attached hydrogens (tertiary/aromatic N) is 4. The standard InChI is InChI=1S/C32H29N5O5S.C2H6/c38-28(23-5-3-14-33-27(23)36-18-32(19-36)12-16-42-17-13-32)34-21-9-7-20(8-10-21)30(39)37-15-11-24-26(43-29(35-24)31(40)41)22-4-1-2-6-25(22)37;1-2/h1-10,14H,11-13,15-19H2,(H,34,38)(H,40,41);1-2H3. The Hall–Kier alpha value is -4.61. The minimum absolute atomic E-state index is 0.0451. The first-order chi connectivity index (χ1) is 21.9. The van der Waals surface area contributed by atoms with E-state index in [1.165, 1.54) is 0 Å². The molecule has 0 atom stereocenters. The van der Waals surface area contributed by atoms with Crippen molar-refractivity contribution in [2.24, 2.45) is 5.41 Å². The maximum atomic E-state index is 13.7. The van der Waals surface area contributed by atoms with Gasteiger partial charge in [-0.05, 0) is 55.3 Å². The second-order valence-corrected chi connectivity index (χ2v) is 12.2. The van der Waals surface area contributed by atoms with Crippen molar-refractivity contribution >= 4 is 46.3 Å². The van der Waals surface area contributed by atoms with Gasteiger partial charge in [0.15, 0.2) is 0 Å². The van der Waals surface area contributed by atoms with Gasteiger partial charge in [0.1, 0.15) is 5.82 Å². The fourth-order valence-electron chi connectivity index (χ4n) is 6.18. The Morgan fingerprint density at radius 1 is 0.978 bits per heavy atom. The Labute approximate surface area is 265 Å². The number of hydrogen-bond donors (Lipinski definition) is 2. The number of ether oxygens (including phenoxy) is 1. The third kappa shape index (κ3) is 5.93. The fraction of sp³-hybridized carbons (Fsp3) is 0.324. The molecule has 232 valence electrons. The van der Waals surface area contributed by atoms with E-state index in [4.69, 9.17) is 4.74 Å². The number of carboxylic acid groups (broad SMARTS) is 1. The van der Waals surface area contributed by atoms with Crippen LogP contribution in [0.1, 0.15) is 62.9 Å². The smallest absolute Gasteiger partial charge is 0.365 e. The monoisotopic (exact) mass is 625 g/mol. The van der Waals surface area contributed by atoms with E-state index in [1.807, 2.05) is 38.1 Å². The zero-order valence-electron chi connectivity index (χ0n) is 25.3. The number of thiazole rings is 1. The normalized spacial score (nSPS) is 16.3. The highest BCUT2D eigenvalue weighted by Crippen LogP contribution is 2.43. The molecule has 0 unspecified atom stereocenters. The lowest BCUT2D eigenvalue weighted by Crippen LogP contribution is -2.59. The first kappa shape index (κ1) is 30.4. The number of pyridine rings is 1. The van der Waals surface area contributed by atoms with Crippen molar-refractivity contribution < 1.29 is 24.2 Å². The molecular weight excluding hydrogens is 590 g/mol. The SMILES string of the molecule is CC.O=C(O)c1nc2c(s1)-c1ccccc1N(C(=O)c1ccc(NC(=O)c3cccnc3N3CC4(CCOCC4)C3)cc1)CC2. The highest BCUT2D eigenvalue weighted by molar-refractivity contribution is 7.17. The van der Waals surface area contributed by atoms with E-state index in [9.17, 15) is 19.5 Å². The molecule has 0 saturated carbocycles. The summed E-state index contributed by atoms with van der Waals surface area (Å²) in [7, 11) is 0. The summed E-state index contributed by atoms with van der Waals surface area (Å²) in [6, 6.07) is 17.9. The molecule has 2 amide bonds. The van der Waals surface area contributed by atoms with Gasteiger partial charge in [-0.3, -0.25) is 9.59 Å². The van der Waals surface area contributed by atoms with Gasteiger partial charge in [-0.1, -0.05) is 32.0 Å². The molecule has 1 spiro atoms. The van der Waals surface area contributed by atoms with Gasteiger partial charge >= 0.3 is 5.97 Å². The lowest BCUT2D eigenvalue weighted by molar-refractivity contribution is -0.000511. The van der Waals surface area contributed by atoms with Crippen LogP contribution in [0.15, 0.2) is 66.9 Å². The number of carbonyl (C=O) groups is 3. The lowest BCUT2D eigenvalue weighted by atomic mass is 9.73. The fourth-order valence-corrected chi connectivity index (χ4v) is 7.17. The van der Waals surface area contributed by atoms with Crippen molar-refractivity contribution in [3.05, 3.63) is 88.7 Å². The predicted octanol–water partition coefficient (Wildman–Crippen LogP) is 6.00. The summed E-state index contributed by atoms with van der Waals surface area (Å²) < 4.78 is 5.53. The second-order valence-electron chi connectivity index (χ2n) is 11.2. The number of rotatable bonds is 5. The Morgan fingerprint density at radius 2 is 1.71 bits per heavy atom. The number of fused-ring (bicyclic) bond motifs is 3. The Balaban J connectivity index is 0.00000175. The number of carbonyl (C=O) groups excluding carboxylic acids is 2. The van der Waals surface area contributed by atoms with Gasteiger partial charge in [-0.25, -0.2) is 14.8 Å². The van der Waals surface area contributed by atoms with Crippen LogP contribution in [-0.4, -0.2) is 65.7 Å². The van der Waals surface area contributed by atoms with Crippen LogP contribution in [-0.2, 0) is 11.2 Å². The molecule has 2 saturated heterocycles. The van der Waals surface area contributed by atoms with E-state index >= 15 is 0 Å². The molecule has 2 fully saturated rings. The molecular formula is C34H35N5O5S. The third-order valence-electron chi connectivity index (χ3n) is 8.46. The topological polar surface area (TPSA) is 125 Å². The zero-order chi connectivity index (χ0) is 31.6. The predicted molar refractivity (Wildman–Crippen MR) is 175 cm³/mol. The number of amides is 2. The summed E-state index contributed by atoms with van der Waals surface area (Å²) in [5.41, 5.74) is 3.99. The number of carboxylic acids is 1. The molecule has 45 heavy (non-hydrogen) atoms. The number of aromatic nitrogens is 2. The summed E-state index contributed by atoms with van der Waals surface area (Å²) in [5.74, 6) is -0.814. The molecule has 3 aliphatic rings. The Kier molecular flexibility index (Phi) is 8.64. The average molecular weight is 626 g/mol. The molecule has 0 bridgehead atoms. The number of nitrogens with one attached hydrogen (secondary N) is 1. The maximum absolute atomic E-state index is 13.7. The molecule has 2 N–H and O–H groups in total. The Bertz CT molecular complexity index is 1720. The highest BCUT2D eigenvalue weighted by atomic mass is 32.1. The quantitative estimate of drug-likeness (QED) is 0.277. The maximum Gasteiger partial charge on any atom is 0.365 e. The molecule has 4 aromatic rings. The van der Waals surface area contributed by atoms with E-state index in [0.29, 0.717) is 47.0 Å². The van der Waals surface area contributed by atoms with Gasteiger partial charge in [0.25, 0.3) is 11.8 Å². The summed E-state index contributed by atoms with van der Waals surface area (Å²) in [6.07, 6.45) is 4.21. The van der Waals surface area contributed by atoms with Crippen molar-refractivity contribution in [2.75, 3.05) is 48.0 Å². The van der Waals surface area contributed by atoms with Gasteiger partial charge in [-0.15, -0.1) is 11.3 Å². The van der Waals surface area contributed by atoms with Crippen molar-refractivity contribution in [3.63, 3.8) is 0 Å². The van der Waals surface area contributed by atoms with Crippen molar-refractivity contribution in [1.82, 2.24) is 9.97 Å². The molecule has 3 aliphatic heterocycles. The van der Waals surface area contributed by atoms with Crippen LogP contribution in [0.2, 0.25) is 0 Å². The number of para-hydroxylation sites is 1. The zero-order valence-corrected chi connectivity index (χ0v) is 26.1. The average Bonchev–Trinajstić information content (AvgIpc) is 3.43. The minimum atomic E-state index is -1.06. The van der Waals surface area contributed by atoms with Crippen LogP contribution in [0.3, 0.4) is 0 Å². The molecule has 0 radical (unpaired) electrons. The largest absolute Gasteiger partial charge is 0.476 e. The van der Waals surface area contributed by atoms with Crippen molar-refractivity contribution in [2.45, 2.75) is 33.1 Å². The highest BCUT2D eigenvalue weighted by Gasteiger charge is 2.45. The van der Waals surface area contributed by atoms with Crippen LogP contribution < -0.4 is 15.1 Å². The van der Waals surface area contributed by atoms with Crippen LogP contribution in [0.5, 0.6) is 0 Å². The third-order valence-corrected chi connectivity index (χ3v) is 9.58. The van der Waals surface area contributed by atoms with E-state index in [0.717, 1.165) is 60.9 Å². The van der Waals surface area contributed by atoms with Crippen molar-refractivity contribution in [3.8, 4) is 10.4 Å². The van der Waals surface area contributed by atoms with Gasteiger partial charge in [-0.2, -0.15) is 0 Å². The van der Waals surface area contributed by atoms with Crippen LogP contribution in [0.25, 0.3) is 10.4 Å². The van der Waals surface area contributed by atoms with Gasteiger partial charge in [0.2, 0.25) is 5.01 Å². The van der Waals surface area contributed by atoms with Crippen LogP contribution in [0, 0.1) is 5.41 Å². The lowest BCUT2D eigenvalue weighted by Gasteiger charge is -2.53. The molecule has 11 heteroatoms. The molecule has 2 aromatic carbocycles. The summed E-state index contributed by atoms with van der Waals surface area (Å²) in [5, 5.41) is 12.4. The number of benzene rings is 2. The first-order valence-electron chi connectivity index (χ1n) is 15.2. The number of hydrogen-bond acceptors (Lipinski definition) is 8. The summed E-state index contributed by atoms with van der Waals surface area (Å²) in [6.45, 7) is 7.67. The van der Waals surface area contributed by atoms with E-state index in [-0.39, 0.29) is 22.2 Å². The minimum Gasteiger partial charge on any atom is -0.476 e. The summed E-state index contributed by atoms with van der Waals surface area (Å²) >= 11 is 1.13. The van der Waals surface area contributed by atoms with Gasteiger partial charge in [0, 0.05) is 67.7 Å². The second kappa shape index (κ2) is 12.8. The van der Waals surface area contributed by atoms with Crippen molar-refractivity contribution in [1.29, 1.82) is 0 Å². The number of anilines is 3. The Morgan fingerprint density at radius 3 is 2.44 bits per heavy atom. The molecule has 10 nitrogen and oxygen atoms in total. The van der Waals surface area contributed by atoms with Gasteiger partial charge in [0.05, 0.1) is 21.8 Å². The first-order valence-corrected chi connectivity index (χ1v) is 16.1. The molecule has 7 rings (SSSR count). The molecule has 0 aliphatic carbocycles. The van der Waals surface area contributed by atoms with E-state index in [2.05, 4.69) is 20.2 Å². The van der Waals surface area contributed by atoms with E-state index in [1.54, 1.807) is 47.5 Å². The van der Waals surface area contributed by atoms with Crippen LogP contribution >= 0.6 is 11.3 Å².